The van der Waals surface area contributed by atoms with E-state index in [4.69, 9.17) is 9.47 Å². The lowest BCUT2D eigenvalue weighted by Crippen LogP contribution is -2.31. The second-order valence-electron chi connectivity index (χ2n) is 5.06. The van der Waals surface area contributed by atoms with E-state index in [2.05, 4.69) is 5.32 Å². The number of nitrogens with one attached hydrogen (secondary N) is 1. The summed E-state index contributed by atoms with van der Waals surface area (Å²) in [5, 5.41) is 3.38. The van der Waals surface area contributed by atoms with Crippen LogP contribution in [0.5, 0.6) is 0 Å². The molecule has 0 unspecified atom stereocenters. The summed E-state index contributed by atoms with van der Waals surface area (Å²) in [5.74, 6) is 0.747. The summed E-state index contributed by atoms with van der Waals surface area (Å²) in [6.07, 6.45) is 5.16. The van der Waals surface area contributed by atoms with Gasteiger partial charge in [0, 0.05) is 13.2 Å². The maximum absolute atomic E-state index is 11.7. The lowest BCUT2D eigenvalue weighted by molar-refractivity contribution is -0.152. The van der Waals surface area contributed by atoms with Crippen LogP contribution in [0.2, 0.25) is 0 Å². The molecule has 17 heavy (non-hydrogen) atoms. The van der Waals surface area contributed by atoms with Gasteiger partial charge in [-0.2, -0.15) is 0 Å². The van der Waals surface area contributed by atoms with E-state index in [0.29, 0.717) is 25.7 Å². The monoisotopic (exact) mass is 241 g/mol. The Morgan fingerprint density at radius 2 is 2.12 bits per heavy atom. The Morgan fingerprint density at radius 3 is 2.82 bits per heavy atom. The minimum Gasteiger partial charge on any atom is -0.465 e. The first-order valence-electron chi connectivity index (χ1n) is 6.81. The van der Waals surface area contributed by atoms with Crippen LogP contribution in [0.4, 0.5) is 0 Å². The van der Waals surface area contributed by atoms with Gasteiger partial charge in [-0.3, -0.25) is 4.79 Å². The molecule has 1 N–H and O–H groups in total. The lowest BCUT2D eigenvalue weighted by atomic mass is 9.96. The SMILES string of the molecule is O=C(OCC[C@H]1CCCNC1)C1CCOCC1. The molecular formula is C13H23NO3. The van der Waals surface area contributed by atoms with Gasteiger partial charge in [0.05, 0.1) is 12.5 Å². The fourth-order valence-corrected chi connectivity index (χ4v) is 2.55. The Bertz CT molecular complexity index is 233. The van der Waals surface area contributed by atoms with Crippen LogP contribution in [0.25, 0.3) is 0 Å². The molecule has 2 fully saturated rings. The van der Waals surface area contributed by atoms with Gasteiger partial charge in [0.25, 0.3) is 0 Å². The molecule has 2 aliphatic heterocycles. The molecule has 0 aromatic heterocycles. The van der Waals surface area contributed by atoms with Crippen molar-refractivity contribution in [1.82, 2.24) is 5.32 Å². The smallest absolute Gasteiger partial charge is 0.309 e. The molecule has 98 valence electrons. The van der Waals surface area contributed by atoms with E-state index >= 15 is 0 Å². The normalized spacial score (nSPS) is 26.7. The van der Waals surface area contributed by atoms with Gasteiger partial charge in [-0.05, 0) is 51.1 Å². The van der Waals surface area contributed by atoms with Crippen molar-refractivity contribution in [3.63, 3.8) is 0 Å². The fraction of sp³-hybridized carbons (Fsp3) is 0.923. The average Bonchev–Trinajstić information content (AvgIpc) is 2.41. The summed E-state index contributed by atoms with van der Waals surface area (Å²) in [6, 6.07) is 0. The average molecular weight is 241 g/mol. The van der Waals surface area contributed by atoms with Crippen LogP contribution in [-0.2, 0) is 14.3 Å². The van der Waals surface area contributed by atoms with Crippen LogP contribution >= 0.6 is 0 Å². The summed E-state index contributed by atoms with van der Waals surface area (Å²) in [5.41, 5.74) is 0. The molecular weight excluding hydrogens is 218 g/mol. The summed E-state index contributed by atoms with van der Waals surface area (Å²) in [7, 11) is 0. The van der Waals surface area contributed by atoms with Gasteiger partial charge in [0.15, 0.2) is 0 Å². The topological polar surface area (TPSA) is 47.6 Å². The van der Waals surface area contributed by atoms with Crippen LogP contribution in [0.1, 0.15) is 32.1 Å². The van der Waals surface area contributed by atoms with Crippen molar-refractivity contribution in [1.29, 1.82) is 0 Å². The van der Waals surface area contributed by atoms with Gasteiger partial charge in [0.1, 0.15) is 0 Å². The van der Waals surface area contributed by atoms with Gasteiger partial charge >= 0.3 is 5.97 Å². The standard InChI is InChI=1S/C13H23NO3/c15-13(12-4-7-16-8-5-12)17-9-3-11-2-1-6-14-10-11/h11-12,14H,1-10H2/t11-/m1/s1. The first-order valence-corrected chi connectivity index (χ1v) is 6.81. The zero-order valence-corrected chi connectivity index (χ0v) is 10.5. The van der Waals surface area contributed by atoms with E-state index < -0.39 is 0 Å². The third kappa shape index (κ3) is 4.28. The van der Waals surface area contributed by atoms with Crippen LogP contribution in [0.15, 0.2) is 0 Å². The maximum Gasteiger partial charge on any atom is 0.309 e. The van der Waals surface area contributed by atoms with Crippen LogP contribution < -0.4 is 5.32 Å². The summed E-state index contributed by atoms with van der Waals surface area (Å²) >= 11 is 0. The Balaban J connectivity index is 1.58. The van der Waals surface area contributed by atoms with E-state index in [1.165, 1.54) is 12.8 Å². The number of esters is 1. The van der Waals surface area contributed by atoms with E-state index in [0.717, 1.165) is 32.4 Å². The van der Waals surface area contributed by atoms with Gasteiger partial charge in [-0.15, -0.1) is 0 Å². The Kier molecular flexibility index (Phi) is 5.26. The number of ether oxygens (including phenoxy) is 2. The van der Waals surface area contributed by atoms with E-state index in [1.807, 2.05) is 0 Å². The number of carbonyl (C=O) groups excluding carboxylic acids is 1. The Labute approximate surface area is 103 Å². The summed E-state index contributed by atoms with van der Waals surface area (Å²) < 4.78 is 10.6. The first kappa shape index (κ1) is 12.8. The number of piperidine rings is 1. The highest BCUT2D eigenvalue weighted by molar-refractivity contribution is 5.72. The fourth-order valence-electron chi connectivity index (χ4n) is 2.55. The Morgan fingerprint density at radius 1 is 1.29 bits per heavy atom. The van der Waals surface area contributed by atoms with Crippen molar-refractivity contribution in [2.75, 3.05) is 32.9 Å². The van der Waals surface area contributed by atoms with Crippen molar-refractivity contribution in [2.45, 2.75) is 32.1 Å². The largest absolute Gasteiger partial charge is 0.465 e. The van der Waals surface area contributed by atoms with Crippen molar-refractivity contribution in [3.05, 3.63) is 0 Å². The summed E-state index contributed by atoms with van der Waals surface area (Å²) in [6.45, 7) is 4.20. The van der Waals surface area contributed by atoms with Crippen LogP contribution in [0, 0.1) is 11.8 Å². The quantitative estimate of drug-likeness (QED) is 0.755. The third-order valence-corrected chi connectivity index (χ3v) is 3.72. The highest BCUT2D eigenvalue weighted by Gasteiger charge is 2.23. The molecule has 0 amide bonds. The number of rotatable bonds is 4. The number of hydrogen-bond acceptors (Lipinski definition) is 4. The predicted molar refractivity (Wildman–Crippen MR) is 64.7 cm³/mol. The number of hydrogen-bond donors (Lipinski definition) is 1. The van der Waals surface area contributed by atoms with Gasteiger partial charge < -0.3 is 14.8 Å². The van der Waals surface area contributed by atoms with Gasteiger partial charge in [0.2, 0.25) is 0 Å². The first-order chi connectivity index (χ1) is 8.36. The van der Waals surface area contributed by atoms with Crippen LogP contribution in [0.3, 0.4) is 0 Å². The minimum absolute atomic E-state index is 0.0166. The molecule has 4 heteroatoms. The van der Waals surface area contributed by atoms with Gasteiger partial charge in [-0.1, -0.05) is 0 Å². The second kappa shape index (κ2) is 6.97. The highest BCUT2D eigenvalue weighted by atomic mass is 16.5. The molecule has 0 aromatic carbocycles. The molecule has 1 atom stereocenters. The summed E-state index contributed by atoms with van der Waals surface area (Å²) in [4.78, 5) is 11.7. The zero-order chi connectivity index (χ0) is 11.9. The van der Waals surface area contributed by atoms with Crippen LogP contribution in [-0.4, -0.2) is 38.9 Å². The second-order valence-corrected chi connectivity index (χ2v) is 5.06. The molecule has 0 bridgehead atoms. The molecule has 0 radical (unpaired) electrons. The molecule has 2 saturated heterocycles. The van der Waals surface area contributed by atoms with Gasteiger partial charge in [-0.25, -0.2) is 0 Å². The maximum atomic E-state index is 11.7. The van der Waals surface area contributed by atoms with Crippen molar-refractivity contribution >= 4 is 5.97 Å². The predicted octanol–water partition coefficient (Wildman–Crippen LogP) is 1.35. The lowest BCUT2D eigenvalue weighted by Gasteiger charge is -2.24. The molecule has 0 aromatic rings. The van der Waals surface area contributed by atoms with E-state index in [9.17, 15) is 4.79 Å². The molecule has 2 rings (SSSR count). The molecule has 2 aliphatic rings. The molecule has 2 heterocycles. The molecule has 4 nitrogen and oxygen atoms in total. The van der Waals surface area contributed by atoms with Crippen molar-refractivity contribution in [2.24, 2.45) is 11.8 Å². The minimum atomic E-state index is -0.0166. The van der Waals surface area contributed by atoms with E-state index in [-0.39, 0.29) is 11.9 Å². The number of carbonyl (C=O) groups is 1. The Hall–Kier alpha value is -0.610. The van der Waals surface area contributed by atoms with E-state index in [1.54, 1.807) is 0 Å². The molecule has 0 aliphatic carbocycles. The van der Waals surface area contributed by atoms with Crippen molar-refractivity contribution in [3.8, 4) is 0 Å². The third-order valence-electron chi connectivity index (χ3n) is 3.72. The molecule has 0 spiro atoms. The van der Waals surface area contributed by atoms with Crippen molar-refractivity contribution < 1.29 is 14.3 Å². The zero-order valence-electron chi connectivity index (χ0n) is 10.5. The molecule has 0 saturated carbocycles. The highest BCUT2D eigenvalue weighted by Crippen LogP contribution is 2.18.